The fraction of sp³-hybridized carbons (Fsp3) is 0.619. The second kappa shape index (κ2) is 7.60. The van der Waals surface area contributed by atoms with Crippen LogP contribution in [0.4, 0.5) is 5.69 Å². The Balaban J connectivity index is 1.34. The summed E-state index contributed by atoms with van der Waals surface area (Å²) in [5, 5.41) is 0. The molecular weight excluding hydrogens is 342 g/mol. The third-order valence-corrected chi connectivity index (χ3v) is 6.20. The molecule has 2 amide bonds. The largest absolute Gasteiger partial charge is 0.378 e. The lowest BCUT2D eigenvalue weighted by molar-refractivity contribution is -0.143. The first-order chi connectivity index (χ1) is 13.1. The maximum absolute atomic E-state index is 12.8. The van der Waals surface area contributed by atoms with Crippen LogP contribution in [0.25, 0.3) is 0 Å². The van der Waals surface area contributed by atoms with Crippen molar-refractivity contribution in [1.82, 2.24) is 9.80 Å². The number of likely N-dealkylation sites (tertiary alicyclic amines) is 1. The number of carbonyl (C=O) groups excluding carboxylic acids is 2. The van der Waals surface area contributed by atoms with Crippen molar-refractivity contribution in [1.29, 1.82) is 0 Å². The fourth-order valence-corrected chi connectivity index (χ4v) is 4.68. The molecule has 2 aliphatic heterocycles. The summed E-state index contributed by atoms with van der Waals surface area (Å²) >= 11 is 0. The van der Waals surface area contributed by atoms with Crippen molar-refractivity contribution in [2.45, 2.75) is 38.6 Å². The van der Waals surface area contributed by atoms with Crippen LogP contribution in [0.3, 0.4) is 0 Å². The van der Waals surface area contributed by atoms with Gasteiger partial charge in [-0.15, -0.1) is 0 Å². The van der Waals surface area contributed by atoms with Crippen LogP contribution in [0.2, 0.25) is 0 Å². The van der Waals surface area contributed by atoms with E-state index in [0.717, 1.165) is 52.0 Å². The van der Waals surface area contributed by atoms with E-state index in [2.05, 4.69) is 29.2 Å². The minimum atomic E-state index is -0.377. The summed E-state index contributed by atoms with van der Waals surface area (Å²) in [6, 6.07) is 8.56. The smallest absolute Gasteiger partial charge is 0.237 e. The van der Waals surface area contributed by atoms with Gasteiger partial charge in [0.2, 0.25) is 11.8 Å². The Labute approximate surface area is 161 Å². The number of ether oxygens (including phenoxy) is 1. The van der Waals surface area contributed by atoms with Crippen molar-refractivity contribution in [2.24, 2.45) is 5.41 Å². The molecular formula is C21H29N3O3. The lowest BCUT2D eigenvalue weighted by Crippen LogP contribution is -2.41. The molecule has 1 saturated carbocycles. The van der Waals surface area contributed by atoms with Crippen LogP contribution >= 0.6 is 0 Å². The van der Waals surface area contributed by atoms with Crippen LogP contribution in [-0.2, 0) is 20.9 Å². The third-order valence-electron chi connectivity index (χ3n) is 6.20. The topological polar surface area (TPSA) is 53.1 Å². The molecule has 6 heteroatoms. The monoisotopic (exact) mass is 371 g/mol. The van der Waals surface area contributed by atoms with E-state index in [-0.39, 0.29) is 17.2 Å². The highest BCUT2D eigenvalue weighted by Crippen LogP contribution is 2.46. The third kappa shape index (κ3) is 3.73. The van der Waals surface area contributed by atoms with Crippen LogP contribution in [-0.4, -0.2) is 61.6 Å². The quantitative estimate of drug-likeness (QED) is 0.743. The number of benzene rings is 1. The summed E-state index contributed by atoms with van der Waals surface area (Å²) in [5.74, 6) is 0.0518. The van der Waals surface area contributed by atoms with Gasteiger partial charge in [-0.25, -0.2) is 0 Å². The Bertz CT molecular complexity index is 691. The number of rotatable bonds is 5. The zero-order valence-corrected chi connectivity index (χ0v) is 16.2. The zero-order chi connectivity index (χ0) is 18.9. The Hall–Kier alpha value is -1.92. The van der Waals surface area contributed by atoms with Crippen molar-refractivity contribution in [3.63, 3.8) is 0 Å². The molecule has 0 bridgehead atoms. The Morgan fingerprint density at radius 1 is 1.07 bits per heavy atom. The van der Waals surface area contributed by atoms with Gasteiger partial charge in [-0.3, -0.25) is 19.4 Å². The number of nitrogens with zero attached hydrogens (tertiary/aromatic N) is 3. The summed E-state index contributed by atoms with van der Waals surface area (Å²) < 4.78 is 5.40. The highest BCUT2D eigenvalue weighted by Gasteiger charge is 2.52. The fourth-order valence-electron chi connectivity index (χ4n) is 4.68. The van der Waals surface area contributed by atoms with Crippen molar-refractivity contribution in [3.05, 3.63) is 29.8 Å². The molecule has 0 atom stereocenters. The van der Waals surface area contributed by atoms with E-state index in [9.17, 15) is 9.59 Å². The first-order valence-electron chi connectivity index (χ1n) is 10.0. The van der Waals surface area contributed by atoms with E-state index in [1.54, 1.807) is 0 Å². The molecule has 0 unspecified atom stereocenters. The van der Waals surface area contributed by atoms with Gasteiger partial charge >= 0.3 is 0 Å². The molecule has 1 aliphatic carbocycles. The summed E-state index contributed by atoms with van der Waals surface area (Å²) in [7, 11) is 1.97. The molecule has 3 aliphatic rings. The summed E-state index contributed by atoms with van der Waals surface area (Å²) in [6.45, 7) is 4.52. The molecule has 146 valence electrons. The molecule has 1 spiro atoms. The Morgan fingerprint density at radius 3 is 2.41 bits per heavy atom. The van der Waals surface area contributed by atoms with Gasteiger partial charge in [-0.2, -0.15) is 0 Å². The molecule has 27 heavy (non-hydrogen) atoms. The zero-order valence-electron chi connectivity index (χ0n) is 16.2. The molecule has 2 heterocycles. The van der Waals surface area contributed by atoms with E-state index in [4.69, 9.17) is 4.74 Å². The van der Waals surface area contributed by atoms with E-state index in [1.807, 2.05) is 11.9 Å². The van der Waals surface area contributed by atoms with Crippen molar-refractivity contribution in [3.8, 4) is 0 Å². The number of amides is 2. The minimum Gasteiger partial charge on any atom is -0.378 e. The Kier molecular flexibility index (Phi) is 5.19. The second-order valence-electron chi connectivity index (χ2n) is 8.21. The van der Waals surface area contributed by atoms with Gasteiger partial charge in [-0.1, -0.05) is 25.0 Å². The normalized spacial score (nSPS) is 22.4. The number of hydrogen-bond donors (Lipinski definition) is 0. The molecule has 0 N–H and O–H groups in total. The average molecular weight is 371 g/mol. The predicted octanol–water partition coefficient (Wildman–Crippen LogP) is 2.23. The minimum absolute atomic E-state index is 0.00332. The number of hydrogen-bond acceptors (Lipinski definition) is 5. The van der Waals surface area contributed by atoms with Gasteiger partial charge in [0.25, 0.3) is 0 Å². The second-order valence-corrected chi connectivity index (χ2v) is 8.21. The molecule has 6 nitrogen and oxygen atoms in total. The van der Waals surface area contributed by atoms with E-state index >= 15 is 0 Å². The number of morpholine rings is 1. The van der Waals surface area contributed by atoms with Crippen LogP contribution in [0.15, 0.2) is 24.3 Å². The van der Waals surface area contributed by atoms with Crippen LogP contribution in [0.1, 0.15) is 37.7 Å². The van der Waals surface area contributed by atoms with E-state index < -0.39 is 0 Å². The first kappa shape index (κ1) is 18.4. The molecule has 0 radical (unpaired) electrons. The van der Waals surface area contributed by atoms with Gasteiger partial charge in [0.1, 0.15) is 0 Å². The predicted molar refractivity (Wildman–Crippen MR) is 103 cm³/mol. The highest BCUT2D eigenvalue weighted by atomic mass is 16.5. The van der Waals surface area contributed by atoms with Gasteiger partial charge < -0.3 is 9.64 Å². The number of imide groups is 1. The number of anilines is 1. The maximum atomic E-state index is 12.8. The van der Waals surface area contributed by atoms with Gasteiger partial charge in [0.05, 0.1) is 25.3 Å². The summed E-state index contributed by atoms with van der Waals surface area (Å²) in [6.07, 6.45) is 4.30. The standard InChI is InChI=1S/C21H29N3O3/c1-22(16-24-19(25)14-21(20(24)26)8-2-3-9-21)15-17-4-6-18(7-5-17)23-10-12-27-13-11-23/h4-7H,2-3,8-16H2,1H3. The van der Waals surface area contributed by atoms with E-state index in [1.165, 1.54) is 16.2 Å². The molecule has 3 fully saturated rings. The van der Waals surface area contributed by atoms with Gasteiger partial charge in [0, 0.05) is 31.7 Å². The Morgan fingerprint density at radius 2 is 1.74 bits per heavy atom. The van der Waals surface area contributed by atoms with Crippen LogP contribution in [0.5, 0.6) is 0 Å². The molecule has 1 aromatic rings. The summed E-state index contributed by atoms with van der Waals surface area (Å²) in [5.41, 5.74) is 2.03. The average Bonchev–Trinajstić information content (AvgIpc) is 3.24. The first-order valence-corrected chi connectivity index (χ1v) is 10.0. The van der Waals surface area contributed by atoms with Gasteiger partial charge in [-0.05, 0) is 37.6 Å². The van der Waals surface area contributed by atoms with Crippen molar-refractivity contribution >= 4 is 17.5 Å². The lowest BCUT2D eigenvalue weighted by Gasteiger charge is -2.29. The van der Waals surface area contributed by atoms with Crippen molar-refractivity contribution < 1.29 is 14.3 Å². The molecule has 2 saturated heterocycles. The van der Waals surface area contributed by atoms with Gasteiger partial charge in [0.15, 0.2) is 0 Å². The van der Waals surface area contributed by atoms with Crippen molar-refractivity contribution in [2.75, 3.05) is 44.9 Å². The van der Waals surface area contributed by atoms with Crippen LogP contribution in [0, 0.1) is 5.41 Å². The van der Waals surface area contributed by atoms with E-state index in [0.29, 0.717) is 19.6 Å². The molecule has 0 aromatic heterocycles. The van der Waals surface area contributed by atoms with Crippen LogP contribution < -0.4 is 4.90 Å². The summed E-state index contributed by atoms with van der Waals surface area (Å²) in [4.78, 5) is 31.1. The number of carbonyl (C=O) groups is 2. The maximum Gasteiger partial charge on any atom is 0.237 e. The SMILES string of the molecule is CN(Cc1ccc(N2CCOCC2)cc1)CN1C(=O)CC2(CCCC2)C1=O. The highest BCUT2D eigenvalue weighted by molar-refractivity contribution is 6.06. The lowest BCUT2D eigenvalue weighted by atomic mass is 9.85. The molecule has 4 rings (SSSR count). The molecule has 1 aromatic carbocycles.